The normalized spacial score (nSPS) is 10.4. The van der Waals surface area contributed by atoms with Crippen molar-refractivity contribution in [2.45, 2.75) is 13.5 Å². The molecule has 1 aromatic heterocycles. The minimum Gasteiger partial charge on any atom is -0.449 e. The van der Waals surface area contributed by atoms with E-state index in [-0.39, 0.29) is 31.6 Å². The summed E-state index contributed by atoms with van der Waals surface area (Å²) in [5, 5.41) is 21.4. The Morgan fingerprint density at radius 3 is 2.72 bits per heavy atom. The number of carbonyl (C=O) groups excluding carboxylic acids is 1. The fraction of sp³-hybridized carbons (Fsp3) is 0.312. The molecule has 3 N–H and O–H groups in total. The van der Waals surface area contributed by atoms with Crippen LogP contribution in [0.25, 0.3) is 0 Å². The molecule has 1 aromatic carbocycles. The lowest BCUT2D eigenvalue weighted by atomic mass is 9.80. The minimum absolute atomic E-state index is 0.163. The van der Waals surface area contributed by atoms with Gasteiger partial charge in [-0.25, -0.2) is 9.97 Å². The van der Waals surface area contributed by atoms with Crippen molar-refractivity contribution >= 4 is 18.9 Å². The second kappa shape index (κ2) is 9.12. The Bertz CT molecular complexity index is 724. The van der Waals surface area contributed by atoms with Crippen LogP contribution in [0.4, 0.5) is 0 Å². The highest BCUT2D eigenvalue weighted by Gasteiger charge is 2.13. The van der Waals surface area contributed by atoms with E-state index in [1.807, 2.05) is 0 Å². The van der Waals surface area contributed by atoms with Crippen molar-refractivity contribution in [1.29, 1.82) is 0 Å². The zero-order valence-corrected chi connectivity index (χ0v) is 14.2. The van der Waals surface area contributed by atoms with E-state index in [4.69, 9.17) is 9.47 Å². The molecule has 0 spiro atoms. The van der Waals surface area contributed by atoms with Crippen LogP contribution >= 0.6 is 0 Å². The summed E-state index contributed by atoms with van der Waals surface area (Å²) in [5.74, 6) is 0.368. The highest BCUT2D eigenvalue weighted by molar-refractivity contribution is 6.47. The average Bonchev–Trinajstić information content (AvgIpc) is 2.63. The van der Waals surface area contributed by atoms with Crippen molar-refractivity contribution in [1.82, 2.24) is 15.3 Å². The van der Waals surface area contributed by atoms with Gasteiger partial charge in [0.15, 0.2) is 0 Å². The summed E-state index contributed by atoms with van der Waals surface area (Å²) >= 11 is 0. The lowest BCUT2D eigenvalue weighted by molar-refractivity contribution is 0.0931. The summed E-state index contributed by atoms with van der Waals surface area (Å²) in [5.41, 5.74) is 2.13. The van der Waals surface area contributed by atoms with Crippen molar-refractivity contribution < 1.29 is 24.4 Å². The maximum absolute atomic E-state index is 11.8. The zero-order chi connectivity index (χ0) is 18.2. The molecule has 0 saturated carbocycles. The predicted molar refractivity (Wildman–Crippen MR) is 92.4 cm³/mol. The van der Waals surface area contributed by atoms with Crippen LogP contribution < -0.4 is 15.5 Å². The first-order chi connectivity index (χ1) is 12.1. The quantitative estimate of drug-likeness (QED) is 0.433. The van der Waals surface area contributed by atoms with Crippen LogP contribution in [-0.4, -0.2) is 53.7 Å². The lowest BCUT2D eigenvalue weighted by Gasteiger charge is -2.13. The molecular weight excluding hydrogens is 325 g/mol. The van der Waals surface area contributed by atoms with E-state index in [0.29, 0.717) is 35.5 Å². The van der Waals surface area contributed by atoms with Crippen LogP contribution in [0.5, 0.6) is 11.6 Å². The van der Waals surface area contributed by atoms with Gasteiger partial charge >= 0.3 is 7.48 Å². The van der Waals surface area contributed by atoms with Gasteiger partial charge in [0.1, 0.15) is 11.4 Å². The fourth-order valence-corrected chi connectivity index (χ4v) is 2.23. The van der Waals surface area contributed by atoms with Crippen LogP contribution in [-0.2, 0) is 11.3 Å². The van der Waals surface area contributed by atoms with Gasteiger partial charge in [0, 0.05) is 13.7 Å². The molecule has 0 aliphatic rings. The molecule has 0 unspecified atom stereocenters. The van der Waals surface area contributed by atoms with E-state index in [1.165, 1.54) is 12.4 Å². The van der Waals surface area contributed by atoms with E-state index in [0.717, 1.165) is 0 Å². The molecule has 8 nitrogen and oxygen atoms in total. The number of aliphatic hydroxyl groups excluding tert-OH is 1. The molecule has 0 bridgehead atoms. The summed E-state index contributed by atoms with van der Waals surface area (Å²) in [6, 6.07) is 3.37. The Morgan fingerprint density at radius 2 is 2.12 bits per heavy atom. The van der Waals surface area contributed by atoms with E-state index in [1.54, 1.807) is 26.2 Å². The van der Waals surface area contributed by atoms with E-state index in [9.17, 15) is 14.9 Å². The van der Waals surface area contributed by atoms with Crippen LogP contribution in [0.3, 0.4) is 0 Å². The third-order valence-electron chi connectivity index (χ3n) is 3.64. The van der Waals surface area contributed by atoms with Gasteiger partial charge in [-0.05, 0) is 29.6 Å². The lowest BCUT2D eigenvalue weighted by Crippen LogP contribution is -2.27. The van der Waals surface area contributed by atoms with Gasteiger partial charge in [-0.2, -0.15) is 0 Å². The zero-order valence-electron chi connectivity index (χ0n) is 14.2. The molecule has 0 saturated heterocycles. The van der Waals surface area contributed by atoms with Crippen molar-refractivity contribution in [2.24, 2.45) is 0 Å². The van der Waals surface area contributed by atoms with Crippen LogP contribution in [0, 0.1) is 6.92 Å². The number of hydrogen-bond acceptors (Lipinski definition) is 7. The number of hydrogen-bond donors (Lipinski definition) is 3. The highest BCUT2D eigenvalue weighted by atomic mass is 16.5. The Labute approximate surface area is 146 Å². The molecule has 9 heteroatoms. The Balaban J connectivity index is 2.10. The van der Waals surface area contributed by atoms with E-state index >= 15 is 0 Å². The number of nitrogens with one attached hydrogen (secondary N) is 1. The molecule has 0 radical (unpaired) electrons. The van der Waals surface area contributed by atoms with Gasteiger partial charge in [0.25, 0.3) is 5.91 Å². The van der Waals surface area contributed by atoms with E-state index < -0.39 is 0 Å². The molecule has 0 aliphatic carbocycles. The standard InChI is InChI=1S/C16H20BN3O5/c1-10-13(4-3-11(9-21)15(10)17-23)25-14-8-19-12(7-20-14)16(22)18-5-6-24-2/h3-4,7-8,17,21,23H,5-6,9H2,1-2H3,(H,18,22). The third-order valence-corrected chi connectivity index (χ3v) is 3.64. The number of aliphatic hydroxyl groups is 1. The molecule has 2 aromatic rings. The number of aromatic nitrogens is 2. The summed E-state index contributed by atoms with van der Waals surface area (Å²) in [6.45, 7) is 2.42. The maximum atomic E-state index is 11.8. The van der Waals surface area contributed by atoms with Gasteiger partial charge in [-0.15, -0.1) is 0 Å². The number of benzene rings is 1. The maximum Gasteiger partial charge on any atom is 0.305 e. The molecule has 0 aliphatic heterocycles. The van der Waals surface area contributed by atoms with Crippen molar-refractivity contribution in [3.63, 3.8) is 0 Å². The van der Waals surface area contributed by atoms with Gasteiger partial charge in [0.05, 0.1) is 25.6 Å². The van der Waals surface area contributed by atoms with Gasteiger partial charge in [-0.3, -0.25) is 4.79 Å². The smallest absolute Gasteiger partial charge is 0.305 e. The molecule has 25 heavy (non-hydrogen) atoms. The first-order valence-corrected chi connectivity index (χ1v) is 7.70. The first-order valence-electron chi connectivity index (χ1n) is 7.70. The summed E-state index contributed by atoms with van der Waals surface area (Å²) < 4.78 is 10.5. The number of carbonyl (C=O) groups is 1. The average molecular weight is 345 g/mol. The van der Waals surface area contributed by atoms with Crippen molar-refractivity contribution in [2.75, 3.05) is 20.3 Å². The van der Waals surface area contributed by atoms with Crippen molar-refractivity contribution in [3.8, 4) is 11.6 Å². The third kappa shape index (κ3) is 4.75. The molecule has 2 rings (SSSR count). The molecule has 1 amide bonds. The monoisotopic (exact) mass is 345 g/mol. The number of ether oxygens (including phenoxy) is 2. The largest absolute Gasteiger partial charge is 0.449 e. The molecule has 0 atom stereocenters. The molecule has 0 fully saturated rings. The fourth-order valence-electron chi connectivity index (χ4n) is 2.23. The minimum atomic E-state index is -0.345. The van der Waals surface area contributed by atoms with Crippen LogP contribution in [0.1, 0.15) is 21.6 Å². The summed E-state index contributed by atoms with van der Waals surface area (Å²) in [4.78, 5) is 19.9. The summed E-state index contributed by atoms with van der Waals surface area (Å²) in [6.07, 6.45) is 2.67. The van der Waals surface area contributed by atoms with Crippen molar-refractivity contribution in [3.05, 3.63) is 41.3 Å². The summed E-state index contributed by atoms with van der Waals surface area (Å²) in [7, 11) is 1.35. The molecule has 132 valence electrons. The Morgan fingerprint density at radius 1 is 1.32 bits per heavy atom. The topological polar surface area (TPSA) is 114 Å². The molecular formula is C16H20BN3O5. The Hall–Kier alpha value is -2.49. The van der Waals surface area contributed by atoms with Gasteiger partial charge < -0.3 is 24.9 Å². The number of nitrogens with zero attached hydrogens (tertiary/aromatic N) is 2. The predicted octanol–water partition coefficient (Wildman–Crippen LogP) is -0.585. The molecule has 1 heterocycles. The first kappa shape index (κ1) is 18.8. The SMILES string of the molecule is COCCNC(=O)c1cnc(Oc2ccc(CO)c(BO)c2C)cn1. The number of methoxy groups -OCH3 is 1. The van der Waals surface area contributed by atoms with Gasteiger partial charge in [-0.1, -0.05) is 6.07 Å². The van der Waals surface area contributed by atoms with Crippen LogP contribution in [0.2, 0.25) is 0 Å². The number of rotatable bonds is 8. The second-order valence-corrected chi connectivity index (χ2v) is 5.23. The highest BCUT2D eigenvalue weighted by Crippen LogP contribution is 2.22. The van der Waals surface area contributed by atoms with E-state index in [2.05, 4.69) is 15.3 Å². The Kier molecular flexibility index (Phi) is 6.87. The van der Waals surface area contributed by atoms with Gasteiger partial charge in [0.2, 0.25) is 5.88 Å². The second-order valence-electron chi connectivity index (χ2n) is 5.23. The number of amides is 1. The van der Waals surface area contributed by atoms with Crippen LogP contribution in [0.15, 0.2) is 24.5 Å².